The predicted molar refractivity (Wildman–Crippen MR) is 90.6 cm³/mol. The number of benzene rings is 2. The van der Waals surface area contributed by atoms with Crippen LogP contribution in [0.5, 0.6) is 0 Å². The molecule has 2 rings (SSSR count). The molecule has 0 fully saturated rings. The Morgan fingerprint density at radius 1 is 0.750 bits per heavy atom. The second-order valence-corrected chi connectivity index (χ2v) is 4.95. The first-order valence-corrected chi connectivity index (χ1v) is 6.39. The van der Waals surface area contributed by atoms with Crippen molar-refractivity contribution >= 4 is 52.3 Å². The quantitative estimate of drug-likeness (QED) is 0.867. The smallest absolute Gasteiger partial charge is 0.0837 e. The molecule has 0 spiro atoms. The van der Waals surface area contributed by atoms with Gasteiger partial charge in [-0.05, 0) is 24.3 Å². The number of nitrogens with one attached hydrogen (secondary N) is 1. The molecule has 0 saturated heterocycles. The largest absolute Gasteiger partial charge is 0.376 e. The summed E-state index contributed by atoms with van der Waals surface area (Å²) in [4.78, 5) is 4.27. The van der Waals surface area contributed by atoms with Gasteiger partial charge in [0.15, 0.2) is 0 Å². The van der Waals surface area contributed by atoms with Gasteiger partial charge in [-0.1, -0.05) is 24.3 Å². The van der Waals surface area contributed by atoms with Crippen LogP contribution in [-0.4, -0.2) is 57.7 Å². The van der Waals surface area contributed by atoms with E-state index >= 15 is 0 Å². The van der Waals surface area contributed by atoms with Crippen LogP contribution in [0.15, 0.2) is 48.5 Å². The van der Waals surface area contributed by atoms with Crippen molar-refractivity contribution in [3.63, 3.8) is 0 Å². The third-order valence-corrected chi connectivity index (χ3v) is 3.00. The van der Waals surface area contributed by atoms with Crippen LogP contribution >= 0.6 is 0 Å². The van der Waals surface area contributed by atoms with Gasteiger partial charge < -0.3 is 15.1 Å². The van der Waals surface area contributed by atoms with Crippen molar-refractivity contribution in [3.05, 3.63) is 48.5 Å². The zero-order chi connectivity index (χ0) is 13.8. The first-order valence-electron chi connectivity index (χ1n) is 6.39. The Morgan fingerprint density at radius 2 is 1.40 bits per heavy atom. The Bertz CT molecular complexity index is 539. The molecule has 0 amide bonds. The molecule has 0 aliphatic rings. The normalized spacial score (nSPS) is 9.60. The molecule has 0 atom stereocenters. The van der Waals surface area contributed by atoms with E-state index in [1.807, 2.05) is 18.2 Å². The van der Waals surface area contributed by atoms with Crippen molar-refractivity contribution in [1.82, 2.24) is 0 Å². The molecule has 1 N–H and O–H groups in total. The van der Waals surface area contributed by atoms with E-state index in [1.165, 1.54) is 11.4 Å². The van der Waals surface area contributed by atoms with Gasteiger partial charge in [0.05, 0.1) is 17.1 Å². The standard InChI is InChI=1S/C16H21N3.Na/c1-18(2)15-12-8-11-14(16(15)19(3)4)17-13-9-6-5-7-10-13;/h5-12,17H,1-4H3;. The monoisotopic (exact) mass is 278 g/mol. The van der Waals surface area contributed by atoms with Crippen LogP contribution < -0.4 is 15.1 Å². The van der Waals surface area contributed by atoms with E-state index in [9.17, 15) is 0 Å². The Kier molecular flexibility index (Phi) is 6.40. The molecule has 20 heavy (non-hydrogen) atoms. The van der Waals surface area contributed by atoms with E-state index in [-0.39, 0.29) is 29.6 Å². The molecule has 0 bridgehead atoms. The van der Waals surface area contributed by atoms with E-state index < -0.39 is 0 Å². The molecule has 0 heterocycles. The van der Waals surface area contributed by atoms with Gasteiger partial charge in [0.2, 0.25) is 0 Å². The van der Waals surface area contributed by atoms with E-state index in [4.69, 9.17) is 0 Å². The number of para-hydroxylation sites is 2. The summed E-state index contributed by atoms with van der Waals surface area (Å²) in [5, 5.41) is 3.48. The SMILES string of the molecule is CN(C)c1cccc(Nc2ccccc2)c1N(C)C.[Na]. The summed E-state index contributed by atoms with van der Waals surface area (Å²) in [5.74, 6) is 0. The van der Waals surface area contributed by atoms with Gasteiger partial charge >= 0.3 is 0 Å². The summed E-state index contributed by atoms with van der Waals surface area (Å²) in [7, 11) is 8.26. The number of hydrogen-bond acceptors (Lipinski definition) is 3. The fraction of sp³-hybridized carbons (Fsp3) is 0.250. The maximum Gasteiger partial charge on any atom is 0.0837 e. The molecule has 3 nitrogen and oxygen atoms in total. The minimum atomic E-state index is 0. The average Bonchev–Trinajstić information content (AvgIpc) is 2.39. The van der Waals surface area contributed by atoms with Gasteiger partial charge in [0, 0.05) is 63.4 Å². The predicted octanol–water partition coefficient (Wildman–Crippen LogP) is 3.18. The van der Waals surface area contributed by atoms with Crippen LogP contribution in [0, 0.1) is 0 Å². The topological polar surface area (TPSA) is 18.5 Å². The van der Waals surface area contributed by atoms with E-state index in [0.29, 0.717) is 0 Å². The van der Waals surface area contributed by atoms with Gasteiger partial charge in [-0.15, -0.1) is 0 Å². The molecule has 1 radical (unpaired) electrons. The first-order chi connectivity index (χ1) is 9.09. The summed E-state index contributed by atoms with van der Waals surface area (Å²) < 4.78 is 0. The Balaban J connectivity index is 0.00000200. The second-order valence-electron chi connectivity index (χ2n) is 4.95. The minimum absolute atomic E-state index is 0. The molecule has 0 aliphatic carbocycles. The number of anilines is 4. The van der Waals surface area contributed by atoms with Gasteiger partial charge in [0.25, 0.3) is 0 Å². The van der Waals surface area contributed by atoms with Crippen LogP contribution in [0.1, 0.15) is 0 Å². The summed E-state index contributed by atoms with van der Waals surface area (Å²) >= 11 is 0. The van der Waals surface area contributed by atoms with Crippen molar-refractivity contribution in [1.29, 1.82) is 0 Å². The van der Waals surface area contributed by atoms with E-state index in [2.05, 4.69) is 73.6 Å². The average molecular weight is 278 g/mol. The number of hydrogen-bond donors (Lipinski definition) is 1. The Labute approximate surface area is 143 Å². The fourth-order valence-electron chi connectivity index (χ4n) is 2.14. The van der Waals surface area contributed by atoms with Crippen LogP contribution in [-0.2, 0) is 0 Å². The molecule has 101 valence electrons. The van der Waals surface area contributed by atoms with E-state index in [1.54, 1.807) is 0 Å². The fourth-order valence-corrected chi connectivity index (χ4v) is 2.14. The zero-order valence-electron chi connectivity index (χ0n) is 13.0. The maximum atomic E-state index is 3.48. The first kappa shape index (κ1) is 16.9. The Morgan fingerprint density at radius 3 is 1.95 bits per heavy atom. The molecule has 2 aromatic carbocycles. The maximum absolute atomic E-state index is 3.48. The molecule has 0 saturated carbocycles. The van der Waals surface area contributed by atoms with Crippen LogP contribution in [0.4, 0.5) is 22.7 Å². The van der Waals surface area contributed by atoms with Gasteiger partial charge in [-0.2, -0.15) is 0 Å². The van der Waals surface area contributed by atoms with Crippen LogP contribution in [0.2, 0.25) is 0 Å². The van der Waals surface area contributed by atoms with Crippen LogP contribution in [0.3, 0.4) is 0 Å². The molecule has 0 unspecified atom stereocenters. The summed E-state index contributed by atoms with van der Waals surface area (Å²) in [6.45, 7) is 0. The van der Waals surface area contributed by atoms with Crippen molar-refractivity contribution in [3.8, 4) is 0 Å². The van der Waals surface area contributed by atoms with Crippen molar-refractivity contribution in [2.45, 2.75) is 0 Å². The second kappa shape index (κ2) is 7.58. The summed E-state index contributed by atoms with van der Waals surface area (Å²) in [6.07, 6.45) is 0. The molecule has 0 aliphatic heterocycles. The molecular weight excluding hydrogens is 257 g/mol. The summed E-state index contributed by atoms with van der Waals surface area (Å²) in [5.41, 5.74) is 4.60. The third kappa shape index (κ3) is 3.92. The van der Waals surface area contributed by atoms with Crippen molar-refractivity contribution < 1.29 is 0 Å². The molecular formula is C16H21N3Na. The molecule has 0 aromatic heterocycles. The van der Waals surface area contributed by atoms with Crippen molar-refractivity contribution in [2.24, 2.45) is 0 Å². The van der Waals surface area contributed by atoms with Crippen LogP contribution in [0.25, 0.3) is 0 Å². The van der Waals surface area contributed by atoms with Crippen molar-refractivity contribution in [2.75, 3.05) is 43.3 Å². The van der Waals surface area contributed by atoms with Gasteiger partial charge in [0.1, 0.15) is 0 Å². The Hall–Kier alpha value is -1.16. The molecule has 2 aromatic rings. The van der Waals surface area contributed by atoms with E-state index in [0.717, 1.165) is 11.4 Å². The van der Waals surface area contributed by atoms with Gasteiger partial charge in [-0.3, -0.25) is 0 Å². The van der Waals surface area contributed by atoms with Gasteiger partial charge in [-0.25, -0.2) is 0 Å². The minimum Gasteiger partial charge on any atom is -0.376 e. The number of nitrogens with zero attached hydrogens (tertiary/aromatic N) is 2. The summed E-state index contributed by atoms with van der Waals surface area (Å²) in [6, 6.07) is 16.5. The number of rotatable bonds is 4. The third-order valence-electron chi connectivity index (χ3n) is 3.00. The molecule has 4 heteroatoms. The zero-order valence-corrected chi connectivity index (χ0v) is 15.0.